The minimum Gasteiger partial charge on any atom is -0.475 e. The van der Waals surface area contributed by atoms with Crippen molar-refractivity contribution in [1.82, 2.24) is 20.1 Å². The molecule has 1 aliphatic carbocycles. The molecule has 9 nitrogen and oxygen atoms in total. The Kier molecular flexibility index (Phi) is 8.72. The predicted molar refractivity (Wildman–Crippen MR) is 138 cm³/mol. The molecule has 1 heterocycles. The zero-order valence-electron chi connectivity index (χ0n) is 21.4. The Balaban J connectivity index is 0.000000517. The van der Waals surface area contributed by atoms with Crippen molar-refractivity contribution >= 4 is 17.6 Å². The van der Waals surface area contributed by atoms with E-state index in [1.165, 1.54) is 12.1 Å². The van der Waals surface area contributed by atoms with Crippen LogP contribution in [0.25, 0.3) is 5.69 Å². The lowest BCUT2D eigenvalue weighted by atomic mass is 10.1. The van der Waals surface area contributed by atoms with Crippen molar-refractivity contribution in [2.24, 2.45) is 0 Å². The van der Waals surface area contributed by atoms with Gasteiger partial charge in [0.15, 0.2) is 0 Å². The molecular weight excluding hydrogens is 572 g/mol. The number of hydrogen-bond acceptors (Lipinski definition) is 6. The molecule has 5 N–H and O–H groups in total. The number of aliphatic carboxylic acids is 1. The fourth-order valence-corrected chi connectivity index (χ4v) is 4.26. The smallest absolute Gasteiger partial charge is 0.475 e. The molecule has 0 radical (unpaired) electrons. The molecule has 5 rings (SSSR count). The van der Waals surface area contributed by atoms with Gasteiger partial charge in [0.2, 0.25) is 5.95 Å². The minimum atomic E-state index is -5.08. The van der Waals surface area contributed by atoms with Crippen molar-refractivity contribution in [3.05, 3.63) is 106 Å². The molecule has 0 spiro atoms. The molecule has 0 amide bonds. The number of halogens is 6. The third-order valence-electron chi connectivity index (χ3n) is 6.23. The maximum Gasteiger partial charge on any atom is 0.490 e. The molecule has 0 fully saturated rings. The molecular formula is C27H23F6N5O4. The van der Waals surface area contributed by atoms with Gasteiger partial charge in [-0.1, -0.05) is 42.5 Å². The molecule has 15 heteroatoms. The quantitative estimate of drug-likeness (QED) is 0.204. The Bertz CT molecular complexity index is 1600. The number of fused-ring (bicyclic) bond motifs is 1. The third-order valence-corrected chi connectivity index (χ3v) is 6.23. The minimum absolute atomic E-state index is 0.00576. The van der Waals surface area contributed by atoms with Gasteiger partial charge in [-0.15, -0.1) is 5.10 Å². The topological polar surface area (TPSA) is 132 Å². The van der Waals surface area contributed by atoms with E-state index in [1.807, 2.05) is 36.4 Å². The second-order valence-electron chi connectivity index (χ2n) is 9.19. The summed E-state index contributed by atoms with van der Waals surface area (Å²) in [5.74, 6) is -2.66. The number of aliphatic hydroxyl groups is 1. The van der Waals surface area contributed by atoms with Crippen LogP contribution in [-0.4, -0.2) is 43.2 Å². The first-order valence-corrected chi connectivity index (χ1v) is 12.2. The van der Waals surface area contributed by atoms with Gasteiger partial charge in [-0.2, -0.15) is 31.0 Å². The molecule has 222 valence electrons. The van der Waals surface area contributed by atoms with Crippen LogP contribution in [0, 0.1) is 0 Å². The molecule has 0 saturated carbocycles. The normalized spacial score (nSPS) is 16.4. The Hall–Kier alpha value is -4.63. The second-order valence-corrected chi connectivity index (χ2v) is 9.19. The van der Waals surface area contributed by atoms with Crippen LogP contribution in [0.15, 0.2) is 77.6 Å². The van der Waals surface area contributed by atoms with Crippen molar-refractivity contribution in [2.45, 2.75) is 37.5 Å². The predicted octanol–water partition coefficient (Wildman–Crippen LogP) is 4.70. The standard InChI is InChI=1S/C25H22F3N5O2.C2HF3O2/c26-25(27,28)17-5-3-6-19(13-17)33-24(35)31-23(32-33)30-18-10-8-15(9-11-18)14-29-22-20-7-2-1-4-16(20)12-21(22)34;3-2(4,5)1(6)7/h1-11,13,21-22,29,34H,12,14H2,(H2,30,31,32,35);(H,6,7)/t21-,22+;/m0./s1. The Labute approximate surface area is 233 Å². The molecule has 1 aromatic heterocycles. The van der Waals surface area contributed by atoms with Gasteiger partial charge in [-0.25, -0.2) is 9.59 Å². The summed E-state index contributed by atoms with van der Waals surface area (Å²) >= 11 is 0. The van der Waals surface area contributed by atoms with E-state index < -0.39 is 35.7 Å². The van der Waals surface area contributed by atoms with Crippen LogP contribution in [-0.2, 0) is 23.9 Å². The number of anilines is 2. The number of carbonyl (C=O) groups is 1. The molecule has 0 saturated heterocycles. The van der Waals surface area contributed by atoms with Crippen molar-refractivity contribution in [2.75, 3.05) is 5.32 Å². The van der Waals surface area contributed by atoms with Crippen molar-refractivity contribution in [3.8, 4) is 5.69 Å². The molecule has 42 heavy (non-hydrogen) atoms. The lowest BCUT2D eigenvalue weighted by molar-refractivity contribution is -0.192. The number of aromatic nitrogens is 3. The van der Waals surface area contributed by atoms with Crippen molar-refractivity contribution < 1.29 is 41.4 Å². The summed E-state index contributed by atoms with van der Waals surface area (Å²) in [5, 5.41) is 27.9. The number of aromatic amines is 1. The van der Waals surface area contributed by atoms with Gasteiger partial charge in [0.25, 0.3) is 0 Å². The first-order chi connectivity index (χ1) is 19.7. The van der Waals surface area contributed by atoms with E-state index >= 15 is 0 Å². The van der Waals surface area contributed by atoms with Crippen LogP contribution in [0.1, 0.15) is 28.3 Å². The highest BCUT2D eigenvalue weighted by Gasteiger charge is 2.38. The van der Waals surface area contributed by atoms with E-state index in [4.69, 9.17) is 9.90 Å². The van der Waals surface area contributed by atoms with Crippen LogP contribution >= 0.6 is 0 Å². The van der Waals surface area contributed by atoms with Crippen LogP contribution < -0.4 is 16.3 Å². The maximum absolute atomic E-state index is 13.0. The van der Waals surface area contributed by atoms with Gasteiger partial charge >= 0.3 is 24.0 Å². The largest absolute Gasteiger partial charge is 0.490 e. The lowest BCUT2D eigenvalue weighted by Crippen LogP contribution is -2.28. The van der Waals surface area contributed by atoms with Crippen LogP contribution in [0.5, 0.6) is 0 Å². The number of nitrogens with zero attached hydrogens (tertiary/aromatic N) is 2. The number of H-pyrrole nitrogens is 1. The number of rotatable bonds is 6. The summed E-state index contributed by atoms with van der Waals surface area (Å²) in [4.78, 5) is 23.7. The van der Waals surface area contributed by atoms with E-state index in [0.717, 1.165) is 33.5 Å². The van der Waals surface area contributed by atoms with E-state index in [-0.39, 0.29) is 17.7 Å². The average Bonchev–Trinajstić information content (AvgIpc) is 3.45. The molecule has 3 aromatic carbocycles. The number of nitrogens with one attached hydrogen (secondary N) is 3. The van der Waals surface area contributed by atoms with Crippen LogP contribution in [0.4, 0.5) is 38.0 Å². The summed E-state index contributed by atoms with van der Waals surface area (Å²) in [5.41, 5.74) is 2.38. The van der Waals surface area contributed by atoms with E-state index in [0.29, 0.717) is 18.7 Å². The first kappa shape index (κ1) is 30.3. The van der Waals surface area contributed by atoms with Gasteiger partial charge in [-0.05, 0) is 47.0 Å². The van der Waals surface area contributed by atoms with E-state index in [2.05, 4.69) is 20.7 Å². The third kappa shape index (κ3) is 7.36. The zero-order chi connectivity index (χ0) is 30.7. The summed E-state index contributed by atoms with van der Waals surface area (Å²) in [6.07, 6.45) is -9.45. The van der Waals surface area contributed by atoms with E-state index in [9.17, 15) is 36.2 Å². The first-order valence-electron chi connectivity index (χ1n) is 12.2. The van der Waals surface area contributed by atoms with Crippen LogP contribution in [0.2, 0.25) is 0 Å². The monoisotopic (exact) mass is 595 g/mol. The number of aliphatic hydroxyl groups excluding tert-OH is 1. The summed E-state index contributed by atoms with van der Waals surface area (Å²) < 4.78 is 71.6. The van der Waals surface area contributed by atoms with Crippen LogP contribution in [0.3, 0.4) is 0 Å². The van der Waals surface area contributed by atoms with E-state index in [1.54, 1.807) is 12.1 Å². The summed E-state index contributed by atoms with van der Waals surface area (Å²) in [6.45, 7) is 0.553. The lowest BCUT2D eigenvalue weighted by Gasteiger charge is -2.18. The summed E-state index contributed by atoms with van der Waals surface area (Å²) in [6, 6.07) is 19.6. The highest BCUT2D eigenvalue weighted by Crippen LogP contribution is 2.32. The fourth-order valence-electron chi connectivity index (χ4n) is 4.26. The Morgan fingerprint density at radius 1 is 1.00 bits per heavy atom. The number of carboxylic acids is 1. The molecule has 0 bridgehead atoms. The Morgan fingerprint density at radius 2 is 1.67 bits per heavy atom. The average molecular weight is 596 g/mol. The Morgan fingerprint density at radius 3 is 2.31 bits per heavy atom. The highest BCUT2D eigenvalue weighted by molar-refractivity contribution is 5.73. The fraction of sp³-hybridized carbons (Fsp3) is 0.222. The zero-order valence-corrected chi connectivity index (χ0v) is 21.4. The van der Waals surface area contributed by atoms with Gasteiger partial charge in [-0.3, -0.25) is 4.98 Å². The van der Waals surface area contributed by atoms with Gasteiger partial charge in [0.1, 0.15) is 0 Å². The SMILES string of the molecule is O=C(O)C(F)(F)F.O=c1[nH]c(Nc2ccc(CN[C@@H]3c4ccccc4C[C@@H]3O)cc2)nn1-c1cccc(C(F)(F)F)c1. The van der Waals surface area contributed by atoms with Gasteiger partial charge < -0.3 is 20.8 Å². The number of alkyl halides is 6. The molecule has 0 unspecified atom stereocenters. The van der Waals surface area contributed by atoms with Crippen molar-refractivity contribution in [3.63, 3.8) is 0 Å². The number of hydrogen-bond donors (Lipinski definition) is 5. The molecule has 0 aliphatic heterocycles. The molecule has 2 atom stereocenters. The number of carboxylic acid groups (broad SMARTS) is 1. The second kappa shape index (κ2) is 12.1. The molecule has 1 aliphatic rings. The summed E-state index contributed by atoms with van der Waals surface area (Å²) in [7, 11) is 0. The molecule has 4 aromatic rings. The highest BCUT2D eigenvalue weighted by atomic mass is 19.4. The maximum atomic E-state index is 13.0. The van der Waals surface area contributed by atoms with Crippen molar-refractivity contribution in [1.29, 1.82) is 0 Å². The number of benzene rings is 3. The van der Waals surface area contributed by atoms with Gasteiger partial charge in [0, 0.05) is 18.7 Å². The van der Waals surface area contributed by atoms with Gasteiger partial charge in [0.05, 0.1) is 23.4 Å².